The Labute approximate surface area is 189 Å². The van der Waals surface area contributed by atoms with Gasteiger partial charge in [0, 0.05) is 56.3 Å². The van der Waals surface area contributed by atoms with Gasteiger partial charge in [-0.1, -0.05) is 6.07 Å². The van der Waals surface area contributed by atoms with Crippen LogP contribution >= 0.6 is 0 Å². The lowest BCUT2D eigenvalue weighted by molar-refractivity contribution is -0.137. The normalized spacial score (nSPS) is 16.8. The van der Waals surface area contributed by atoms with E-state index in [0.717, 1.165) is 43.8 Å². The van der Waals surface area contributed by atoms with Gasteiger partial charge in [0.2, 0.25) is 0 Å². The molecule has 10 heteroatoms. The second-order valence-electron chi connectivity index (χ2n) is 8.26. The molecule has 33 heavy (non-hydrogen) atoms. The number of hydrogen-bond donors (Lipinski definition) is 2. The van der Waals surface area contributed by atoms with E-state index in [-0.39, 0.29) is 11.6 Å². The van der Waals surface area contributed by atoms with Gasteiger partial charge in [0.15, 0.2) is 0 Å². The number of anilines is 3. The average molecular weight is 461 g/mol. The third kappa shape index (κ3) is 5.15. The fourth-order valence-corrected chi connectivity index (χ4v) is 4.22. The summed E-state index contributed by atoms with van der Waals surface area (Å²) in [5, 5.41) is 2.54. The molecule has 0 spiro atoms. The van der Waals surface area contributed by atoms with Crippen molar-refractivity contribution in [3.63, 3.8) is 0 Å². The summed E-state index contributed by atoms with van der Waals surface area (Å²) >= 11 is 0. The Morgan fingerprint density at radius 2 is 1.58 bits per heavy atom. The van der Waals surface area contributed by atoms with E-state index >= 15 is 0 Å². The number of nitrogens with two attached hydrogens (primary N) is 1. The van der Waals surface area contributed by atoms with Crippen LogP contribution < -0.4 is 16.0 Å². The molecule has 0 bridgehead atoms. The van der Waals surface area contributed by atoms with Gasteiger partial charge in [-0.25, -0.2) is 4.79 Å². The first-order valence-electron chi connectivity index (χ1n) is 10.9. The molecule has 7 nitrogen and oxygen atoms in total. The van der Waals surface area contributed by atoms with E-state index in [1.54, 1.807) is 17.0 Å². The maximum absolute atomic E-state index is 13.0. The molecule has 4 rings (SSSR count). The van der Waals surface area contributed by atoms with Crippen molar-refractivity contribution in [1.82, 2.24) is 9.80 Å². The molecular weight excluding hydrogens is 435 g/mol. The fraction of sp³-hybridized carbons (Fsp3) is 0.391. The molecule has 3 amide bonds. The zero-order chi connectivity index (χ0) is 23.6. The number of amides is 3. The highest BCUT2D eigenvalue weighted by Crippen LogP contribution is 2.31. The zero-order valence-corrected chi connectivity index (χ0v) is 18.1. The lowest BCUT2D eigenvalue weighted by Gasteiger charge is -2.37. The predicted octanol–water partition coefficient (Wildman–Crippen LogP) is 3.88. The van der Waals surface area contributed by atoms with Crippen LogP contribution in [0.3, 0.4) is 0 Å². The quantitative estimate of drug-likeness (QED) is 0.680. The van der Waals surface area contributed by atoms with Crippen molar-refractivity contribution in [2.45, 2.75) is 19.0 Å². The van der Waals surface area contributed by atoms with Crippen molar-refractivity contribution in [1.29, 1.82) is 0 Å². The number of halogens is 3. The van der Waals surface area contributed by atoms with Crippen molar-refractivity contribution in [3.8, 4) is 0 Å². The van der Waals surface area contributed by atoms with Gasteiger partial charge in [0.1, 0.15) is 0 Å². The van der Waals surface area contributed by atoms with Gasteiger partial charge in [-0.05, 0) is 49.2 Å². The number of urea groups is 1. The Morgan fingerprint density at radius 1 is 0.879 bits per heavy atom. The number of rotatable bonds is 3. The number of alkyl halides is 3. The van der Waals surface area contributed by atoms with Crippen molar-refractivity contribution in [3.05, 3.63) is 53.6 Å². The fourth-order valence-electron chi connectivity index (χ4n) is 4.22. The van der Waals surface area contributed by atoms with Crippen molar-refractivity contribution in [2.75, 3.05) is 55.2 Å². The Kier molecular flexibility index (Phi) is 6.35. The van der Waals surface area contributed by atoms with Crippen LogP contribution in [0.2, 0.25) is 0 Å². The molecule has 2 aliphatic heterocycles. The van der Waals surface area contributed by atoms with Crippen LogP contribution in [0.5, 0.6) is 0 Å². The van der Waals surface area contributed by atoms with E-state index in [4.69, 9.17) is 5.73 Å². The van der Waals surface area contributed by atoms with Crippen LogP contribution in [-0.4, -0.2) is 61.0 Å². The maximum atomic E-state index is 13.0. The Hall–Kier alpha value is -3.43. The summed E-state index contributed by atoms with van der Waals surface area (Å²) < 4.78 is 38.7. The number of carbonyl (C=O) groups excluding carboxylic acids is 2. The standard InChI is InChI=1S/C23H26F3N5O2/c24-23(25,26)16-4-3-5-18(14-16)28-22(33)31-12-10-29(11-13-31)20-7-6-17(27)15-19(20)21(32)30-8-1-2-9-30/h3-7,14-15H,1-2,8-13,27H2,(H,28,33). The molecule has 3 N–H and O–H groups in total. The molecule has 0 aromatic heterocycles. The number of likely N-dealkylation sites (tertiary alicyclic amines) is 1. The first kappa shape index (κ1) is 22.8. The summed E-state index contributed by atoms with van der Waals surface area (Å²) in [6.07, 6.45) is -2.50. The van der Waals surface area contributed by atoms with Crippen molar-refractivity contribution in [2.24, 2.45) is 0 Å². The summed E-state index contributed by atoms with van der Waals surface area (Å²) in [5.41, 5.74) is 7.07. The van der Waals surface area contributed by atoms with Crippen LogP contribution in [0.1, 0.15) is 28.8 Å². The number of carbonyl (C=O) groups is 2. The number of nitrogens with one attached hydrogen (secondary N) is 1. The molecule has 2 fully saturated rings. The van der Waals surface area contributed by atoms with Crippen LogP contribution in [0.25, 0.3) is 0 Å². The summed E-state index contributed by atoms with van der Waals surface area (Å²) in [6, 6.07) is 9.38. The largest absolute Gasteiger partial charge is 0.416 e. The minimum atomic E-state index is -4.48. The summed E-state index contributed by atoms with van der Waals surface area (Å²) in [5.74, 6) is -0.0421. The lowest BCUT2D eigenvalue weighted by Crippen LogP contribution is -2.50. The monoisotopic (exact) mass is 461 g/mol. The van der Waals surface area contributed by atoms with Gasteiger partial charge >= 0.3 is 12.2 Å². The van der Waals surface area contributed by atoms with Crippen molar-refractivity contribution < 1.29 is 22.8 Å². The average Bonchev–Trinajstić information content (AvgIpc) is 3.33. The van der Waals surface area contributed by atoms with Gasteiger partial charge in [0.25, 0.3) is 5.91 Å². The third-order valence-electron chi connectivity index (χ3n) is 5.99. The van der Waals surface area contributed by atoms with Crippen LogP contribution in [0.15, 0.2) is 42.5 Å². The van der Waals surface area contributed by atoms with E-state index < -0.39 is 17.8 Å². The molecule has 0 saturated carbocycles. The molecule has 0 radical (unpaired) electrons. The molecule has 0 atom stereocenters. The minimum Gasteiger partial charge on any atom is -0.399 e. The Balaban J connectivity index is 1.41. The van der Waals surface area contributed by atoms with Crippen molar-refractivity contribution >= 4 is 29.0 Å². The van der Waals surface area contributed by atoms with E-state index in [2.05, 4.69) is 5.32 Å². The van der Waals surface area contributed by atoms with Gasteiger partial charge in [0.05, 0.1) is 11.1 Å². The number of nitrogen functional groups attached to an aromatic ring is 1. The number of benzene rings is 2. The highest BCUT2D eigenvalue weighted by Gasteiger charge is 2.31. The lowest BCUT2D eigenvalue weighted by atomic mass is 10.1. The molecular formula is C23H26F3N5O2. The summed E-state index contributed by atoms with van der Waals surface area (Å²) in [6.45, 7) is 3.17. The summed E-state index contributed by atoms with van der Waals surface area (Å²) in [4.78, 5) is 31.0. The van der Waals surface area contributed by atoms with E-state index in [9.17, 15) is 22.8 Å². The molecule has 2 aromatic rings. The summed E-state index contributed by atoms with van der Waals surface area (Å²) in [7, 11) is 0. The van der Waals surface area contributed by atoms with Gasteiger partial charge < -0.3 is 25.8 Å². The molecule has 2 aromatic carbocycles. The molecule has 2 aliphatic rings. The van der Waals surface area contributed by atoms with E-state index in [1.165, 1.54) is 12.1 Å². The molecule has 0 unspecified atom stereocenters. The molecule has 0 aliphatic carbocycles. The molecule has 2 heterocycles. The molecule has 176 valence electrons. The van der Waals surface area contributed by atoms with Crippen LogP contribution in [0, 0.1) is 0 Å². The highest BCUT2D eigenvalue weighted by molar-refractivity contribution is 6.01. The first-order valence-corrected chi connectivity index (χ1v) is 10.9. The first-order chi connectivity index (χ1) is 15.7. The van der Waals surface area contributed by atoms with Gasteiger partial charge in [-0.15, -0.1) is 0 Å². The molecule has 2 saturated heterocycles. The predicted molar refractivity (Wildman–Crippen MR) is 120 cm³/mol. The second kappa shape index (κ2) is 9.21. The SMILES string of the molecule is Nc1ccc(N2CCN(C(=O)Nc3cccc(C(F)(F)F)c3)CC2)c(C(=O)N2CCCC2)c1. The Bertz CT molecular complexity index is 1030. The number of piperazine rings is 1. The zero-order valence-electron chi connectivity index (χ0n) is 18.1. The Morgan fingerprint density at radius 3 is 2.24 bits per heavy atom. The van der Waals surface area contributed by atoms with Crippen LogP contribution in [-0.2, 0) is 6.18 Å². The van der Waals surface area contributed by atoms with E-state index in [0.29, 0.717) is 37.4 Å². The second-order valence-corrected chi connectivity index (χ2v) is 8.26. The van der Waals surface area contributed by atoms with Gasteiger partial charge in [-0.3, -0.25) is 4.79 Å². The topological polar surface area (TPSA) is 81.9 Å². The third-order valence-corrected chi connectivity index (χ3v) is 5.99. The number of nitrogens with zero attached hydrogens (tertiary/aromatic N) is 3. The van der Waals surface area contributed by atoms with Crippen LogP contribution in [0.4, 0.5) is 35.0 Å². The van der Waals surface area contributed by atoms with E-state index in [1.807, 2.05) is 15.9 Å². The number of hydrogen-bond acceptors (Lipinski definition) is 4. The maximum Gasteiger partial charge on any atom is 0.416 e. The smallest absolute Gasteiger partial charge is 0.399 e. The highest BCUT2D eigenvalue weighted by atomic mass is 19.4. The van der Waals surface area contributed by atoms with Gasteiger partial charge in [-0.2, -0.15) is 13.2 Å². The minimum absolute atomic E-state index is 0.0421.